The van der Waals surface area contributed by atoms with Crippen molar-refractivity contribution in [2.75, 3.05) is 11.9 Å². The first-order valence-electron chi connectivity index (χ1n) is 9.96. The normalized spacial score (nSPS) is 15.0. The maximum Gasteiger partial charge on any atom is 0.229 e. The Hall–Kier alpha value is -2.30. The summed E-state index contributed by atoms with van der Waals surface area (Å²) in [5.74, 6) is 0.554. The van der Waals surface area contributed by atoms with Crippen molar-refractivity contribution in [1.29, 1.82) is 0 Å². The highest BCUT2D eigenvalue weighted by atomic mass is 35.5. The summed E-state index contributed by atoms with van der Waals surface area (Å²) in [4.78, 5) is 22.9. The molecule has 0 saturated carbocycles. The van der Waals surface area contributed by atoms with Crippen molar-refractivity contribution >= 4 is 40.7 Å². The molecule has 2 aromatic rings. The van der Waals surface area contributed by atoms with Crippen LogP contribution in [0.1, 0.15) is 33.1 Å². The van der Waals surface area contributed by atoms with Crippen LogP contribution in [0.5, 0.6) is 0 Å². The molecule has 0 spiro atoms. The molecule has 2 aromatic carbocycles. The molecule has 0 radical (unpaired) electrons. The van der Waals surface area contributed by atoms with Crippen LogP contribution >= 0.6 is 23.2 Å². The van der Waals surface area contributed by atoms with E-state index in [4.69, 9.17) is 23.2 Å². The minimum atomic E-state index is -0.160. The van der Waals surface area contributed by atoms with Crippen LogP contribution in [-0.2, 0) is 9.59 Å². The van der Waals surface area contributed by atoms with E-state index in [9.17, 15) is 9.59 Å². The monoisotopic (exact) mass is 448 g/mol. The van der Waals surface area contributed by atoms with Crippen LogP contribution < -0.4 is 10.6 Å². The molecule has 4 nitrogen and oxygen atoms in total. The summed E-state index contributed by atoms with van der Waals surface area (Å²) in [6.07, 6.45) is 4.09. The smallest absolute Gasteiger partial charge is 0.229 e. The van der Waals surface area contributed by atoms with Gasteiger partial charge in [0.25, 0.3) is 0 Å². The van der Waals surface area contributed by atoms with E-state index in [1.165, 1.54) is 0 Å². The number of allylic oxidation sites excluding steroid dienone is 1. The SMILES string of the molecule is C=CCC(C)C.Clc1ccccc1.O=C1CCC(C(=O)Nc2cccc(Cl)c2)CN1. The standard InChI is InChI=1S/C12H13ClN2O2.C6H5Cl.C6H12/c13-9-2-1-3-10(6-9)15-12(17)8-4-5-11(16)14-7-8;7-6-4-2-1-3-5-6;1-4-5-6(2)3/h1-3,6,8H,4-5,7H2,(H,14,16)(H,15,17);1-5H;4,6H,1,5H2,2-3H3. The van der Waals surface area contributed by atoms with Crippen LogP contribution in [0.15, 0.2) is 67.3 Å². The van der Waals surface area contributed by atoms with Gasteiger partial charge in [-0.2, -0.15) is 0 Å². The fourth-order valence-corrected chi connectivity index (χ4v) is 2.85. The summed E-state index contributed by atoms with van der Waals surface area (Å²) in [6, 6.07) is 16.4. The molecule has 1 fully saturated rings. The van der Waals surface area contributed by atoms with E-state index < -0.39 is 0 Å². The zero-order chi connectivity index (χ0) is 22.4. The molecule has 0 bridgehead atoms. The highest BCUT2D eigenvalue weighted by Crippen LogP contribution is 2.18. The number of hydrogen-bond donors (Lipinski definition) is 2. The van der Waals surface area contributed by atoms with Crippen molar-refractivity contribution in [3.8, 4) is 0 Å². The van der Waals surface area contributed by atoms with Gasteiger partial charge in [0.2, 0.25) is 11.8 Å². The Morgan fingerprint density at radius 2 is 1.83 bits per heavy atom. The first-order chi connectivity index (χ1) is 14.3. The molecule has 0 aromatic heterocycles. The molecular weight excluding hydrogens is 419 g/mol. The number of halogens is 2. The lowest BCUT2D eigenvalue weighted by atomic mass is 9.98. The molecule has 162 valence electrons. The van der Waals surface area contributed by atoms with Crippen molar-refractivity contribution in [3.63, 3.8) is 0 Å². The third-order valence-corrected chi connectivity index (χ3v) is 4.59. The third-order valence-electron chi connectivity index (χ3n) is 4.10. The van der Waals surface area contributed by atoms with Gasteiger partial charge in [-0.3, -0.25) is 9.59 Å². The van der Waals surface area contributed by atoms with Gasteiger partial charge in [-0.25, -0.2) is 0 Å². The number of benzene rings is 2. The number of anilines is 1. The number of amides is 2. The van der Waals surface area contributed by atoms with Gasteiger partial charge in [-0.15, -0.1) is 6.58 Å². The molecule has 1 saturated heterocycles. The van der Waals surface area contributed by atoms with Gasteiger partial charge in [-0.05, 0) is 49.1 Å². The maximum atomic E-state index is 11.9. The average Bonchev–Trinajstić information content (AvgIpc) is 2.70. The van der Waals surface area contributed by atoms with Gasteiger partial charge in [0.1, 0.15) is 0 Å². The quantitative estimate of drug-likeness (QED) is 0.534. The number of rotatable bonds is 4. The Labute approximate surface area is 189 Å². The van der Waals surface area contributed by atoms with Crippen molar-refractivity contribution < 1.29 is 9.59 Å². The molecule has 1 aliphatic heterocycles. The minimum Gasteiger partial charge on any atom is -0.355 e. The Bertz CT molecular complexity index is 785. The fraction of sp³-hybridized carbons (Fsp3) is 0.333. The third kappa shape index (κ3) is 11.6. The lowest BCUT2D eigenvalue weighted by Gasteiger charge is -2.21. The number of hydrogen-bond acceptors (Lipinski definition) is 2. The van der Waals surface area contributed by atoms with Crippen LogP contribution in [0.3, 0.4) is 0 Å². The minimum absolute atomic E-state index is 0.0109. The number of piperidine rings is 1. The second-order valence-electron chi connectivity index (χ2n) is 7.25. The Morgan fingerprint density at radius 1 is 1.17 bits per heavy atom. The van der Waals surface area contributed by atoms with Gasteiger partial charge < -0.3 is 10.6 Å². The van der Waals surface area contributed by atoms with Crippen molar-refractivity contribution in [2.45, 2.75) is 33.1 Å². The molecule has 3 rings (SSSR count). The Kier molecular flexibility index (Phi) is 12.6. The predicted molar refractivity (Wildman–Crippen MR) is 127 cm³/mol. The van der Waals surface area contributed by atoms with E-state index in [2.05, 4.69) is 31.1 Å². The van der Waals surface area contributed by atoms with Crippen molar-refractivity contribution in [2.24, 2.45) is 11.8 Å². The van der Waals surface area contributed by atoms with Gasteiger partial charge in [0, 0.05) is 28.7 Å². The molecule has 2 amide bonds. The first kappa shape index (κ1) is 25.7. The van der Waals surface area contributed by atoms with Crippen molar-refractivity contribution in [3.05, 3.63) is 77.3 Å². The second kappa shape index (κ2) is 14.6. The fourth-order valence-electron chi connectivity index (χ4n) is 2.52. The zero-order valence-electron chi connectivity index (χ0n) is 17.5. The van der Waals surface area contributed by atoms with Crippen molar-refractivity contribution in [1.82, 2.24) is 5.32 Å². The predicted octanol–water partition coefficient (Wildman–Crippen LogP) is 6.36. The molecule has 30 heavy (non-hydrogen) atoms. The van der Waals surface area contributed by atoms with E-state index in [0.717, 1.165) is 17.4 Å². The van der Waals surface area contributed by atoms with E-state index in [1.54, 1.807) is 24.3 Å². The van der Waals surface area contributed by atoms with E-state index in [0.29, 0.717) is 30.1 Å². The molecule has 0 aliphatic carbocycles. The van der Waals surface area contributed by atoms with Gasteiger partial charge in [0.05, 0.1) is 5.92 Å². The summed E-state index contributed by atoms with van der Waals surface area (Å²) in [5, 5.41) is 6.85. The van der Waals surface area contributed by atoms with Crippen LogP contribution in [0.2, 0.25) is 10.0 Å². The number of nitrogens with one attached hydrogen (secondary N) is 2. The summed E-state index contributed by atoms with van der Waals surface area (Å²) < 4.78 is 0. The Balaban J connectivity index is 0.000000285. The largest absolute Gasteiger partial charge is 0.355 e. The molecule has 2 N–H and O–H groups in total. The number of carbonyl (C=O) groups is 2. The Morgan fingerprint density at radius 3 is 2.27 bits per heavy atom. The van der Waals surface area contributed by atoms with Crippen LogP contribution in [0.25, 0.3) is 0 Å². The number of carbonyl (C=O) groups excluding carboxylic acids is 2. The van der Waals surface area contributed by atoms with Gasteiger partial charge in [0.15, 0.2) is 0 Å². The molecule has 1 aliphatic rings. The summed E-state index contributed by atoms with van der Waals surface area (Å²) in [6.45, 7) is 8.37. The van der Waals surface area contributed by atoms with E-state index in [-0.39, 0.29) is 17.7 Å². The molecule has 1 atom stereocenters. The van der Waals surface area contributed by atoms with Crippen LogP contribution in [0, 0.1) is 11.8 Å². The first-order valence-corrected chi connectivity index (χ1v) is 10.7. The van der Waals surface area contributed by atoms with E-state index in [1.807, 2.05) is 36.4 Å². The van der Waals surface area contributed by atoms with Crippen LogP contribution in [-0.4, -0.2) is 18.4 Å². The highest BCUT2D eigenvalue weighted by Gasteiger charge is 2.24. The van der Waals surface area contributed by atoms with Gasteiger partial charge in [-0.1, -0.05) is 67.4 Å². The second-order valence-corrected chi connectivity index (χ2v) is 8.13. The molecule has 6 heteroatoms. The lowest BCUT2D eigenvalue weighted by molar-refractivity contribution is -0.126. The van der Waals surface area contributed by atoms with Crippen LogP contribution in [0.4, 0.5) is 5.69 Å². The molecule has 1 heterocycles. The summed E-state index contributed by atoms with van der Waals surface area (Å²) in [5.41, 5.74) is 0.680. The van der Waals surface area contributed by atoms with Gasteiger partial charge >= 0.3 is 0 Å². The van der Waals surface area contributed by atoms with E-state index >= 15 is 0 Å². The average molecular weight is 449 g/mol. The topological polar surface area (TPSA) is 58.2 Å². The summed E-state index contributed by atoms with van der Waals surface area (Å²) in [7, 11) is 0. The molecular formula is C24H30Cl2N2O2. The summed E-state index contributed by atoms with van der Waals surface area (Å²) >= 11 is 11.4. The zero-order valence-corrected chi connectivity index (χ0v) is 19.0. The highest BCUT2D eigenvalue weighted by molar-refractivity contribution is 6.31. The molecule has 1 unspecified atom stereocenters. The lowest BCUT2D eigenvalue weighted by Crippen LogP contribution is -2.40. The maximum absolute atomic E-state index is 11.9.